The SMILES string of the molecule is Cc1nn(CC2CCCCC2)c(C(=O)Nc2cccc(S(N)(=O)=O)c2)c1C(F)(F)F. The van der Waals surface area contributed by atoms with Crippen LogP contribution in [-0.2, 0) is 22.7 Å². The Morgan fingerprint density at radius 3 is 2.53 bits per heavy atom. The molecule has 1 aliphatic carbocycles. The number of rotatable bonds is 5. The first-order chi connectivity index (χ1) is 14.0. The largest absolute Gasteiger partial charge is 0.420 e. The number of nitrogens with zero attached hydrogens (tertiary/aromatic N) is 2. The van der Waals surface area contributed by atoms with Crippen molar-refractivity contribution in [3.05, 3.63) is 41.2 Å². The summed E-state index contributed by atoms with van der Waals surface area (Å²) in [6.07, 6.45) is 0.0769. The fraction of sp³-hybridized carbons (Fsp3) is 0.474. The number of benzene rings is 1. The van der Waals surface area contributed by atoms with Gasteiger partial charge in [-0.05, 0) is 43.9 Å². The molecule has 11 heteroatoms. The molecule has 0 saturated heterocycles. The second kappa shape index (κ2) is 8.38. The van der Waals surface area contributed by atoms with E-state index in [1.165, 1.54) is 25.1 Å². The minimum absolute atomic E-state index is 0.0164. The van der Waals surface area contributed by atoms with Gasteiger partial charge in [-0.3, -0.25) is 9.48 Å². The van der Waals surface area contributed by atoms with Crippen LogP contribution in [0.5, 0.6) is 0 Å². The number of amides is 1. The van der Waals surface area contributed by atoms with Gasteiger partial charge in [0.25, 0.3) is 5.91 Å². The van der Waals surface area contributed by atoms with Gasteiger partial charge >= 0.3 is 6.18 Å². The van der Waals surface area contributed by atoms with E-state index >= 15 is 0 Å². The van der Waals surface area contributed by atoms with Crippen LogP contribution in [0.2, 0.25) is 0 Å². The van der Waals surface area contributed by atoms with Crippen molar-refractivity contribution in [1.29, 1.82) is 0 Å². The van der Waals surface area contributed by atoms with Gasteiger partial charge in [0.05, 0.1) is 10.6 Å². The van der Waals surface area contributed by atoms with E-state index in [9.17, 15) is 26.4 Å². The molecule has 1 aromatic carbocycles. The van der Waals surface area contributed by atoms with Gasteiger partial charge in [-0.2, -0.15) is 18.3 Å². The third kappa shape index (κ3) is 5.01. The average molecular weight is 444 g/mol. The summed E-state index contributed by atoms with van der Waals surface area (Å²) in [7, 11) is -4.03. The smallest absolute Gasteiger partial charge is 0.321 e. The number of aryl methyl sites for hydroxylation is 1. The van der Waals surface area contributed by atoms with E-state index < -0.39 is 33.4 Å². The Balaban J connectivity index is 1.97. The van der Waals surface area contributed by atoms with Crippen molar-refractivity contribution in [2.45, 2.75) is 56.6 Å². The Labute approximate surface area is 172 Å². The van der Waals surface area contributed by atoms with Gasteiger partial charge < -0.3 is 5.32 Å². The van der Waals surface area contributed by atoms with Crippen molar-refractivity contribution in [2.24, 2.45) is 11.1 Å². The van der Waals surface area contributed by atoms with Crippen LogP contribution >= 0.6 is 0 Å². The van der Waals surface area contributed by atoms with E-state index in [4.69, 9.17) is 5.14 Å². The van der Waals surface area contributed by atoms with Crippen molar-refractivity contribution in [2.75, 3.05) is 5.32 Å². The van der Waals surface area contributed by atoms with E-state index in [0.717, 1.165) is 42.9 Å². The van der Waals surface area contributed by atoms with Gasteiger partial charge in [0.1, 0.15) is 11.3 Å². The fourth-order valence-corrected chi connectivity index (χ4v) is 4.40. The van der Waals surface area contributed by atoms with E-state index in [1.54, 1.807) is 0 Å². The number of nitrogens with one attached hydrogen (secondary N) is 1. The number of primary sulfonamides is 1. The fourth-order valence-electron chi connectivity index (χ4n) is 3.84. The standard InChI is InChI=1S/C19H23F3N4O3S/c1-12-16(19(20,21)22)17(26(25-12)11-13-6-3-2-4-7-13)18(27)24-14-8-5-9-15(10-14)30(23,28)29/h5,8-10,13H,2-4,6-7,11H2,1H3,(H,24,27)(H2,23,28,29). The Morgan fingerprint density at radius 1 is 1.27 bits per heavy atom. The van der Waals surface area contributed by atoms with E-state index in [1.807, 2.05) is 0 Å². The molecular weight excluding hydrogens is 421 g/mol. The average Bonchev–Trinajstić information content (AvgIpc) is 2.98. The molecule has 1 saturated carbocycles. The highest BCUT2D eigenvalue weighted by Crippen LogP contribution is 2.36. The highest BCUT2D eigenvalue weighted by molar-refractivity contribution is 7.89. The van der Waals surface area contributed by atoms with Crippen LogP contribution in [0.1, 0.15) is 53.8 Å². The van der Waals surface area contributed by atoms with E-state index in [2.05, 4.69) is 10.4 Å². The normalized spacial score (nSPS) is 15.9. The maximum Gasteiger partial charge on any atom is 0.420 e. The first kappa shape index (κ1) is 22.3. The van der Waals surface area contributed by atoms with Crippen LogP contribution in [0.4, 0.5) is 18.9 Å². The van der Waals surface area contributed by atoms with Gasteiger partial charge in [0.2, 0.25) is 10.0 Å². The molecule has 7 nitrogen and oxygen atoms in total. The van der Waals surface area contributed by atoms with Crippen molar-refractivity contribution >= 4 is 21.6 Å². The van der Waals surface area contributed by atoms with Crippen LogP contribution in [0.25, 0.3) is 0 Å². The number of anilines is 1. The molecule has 2 aromatic rings. The Bertz CT molecular complexity index is 1040. The first-order valence-electron chi connectivity index (χ1n) is 9.55. The number of aromatic nitrogens is 2. The van der Waals surface area contributed by atoms with Crippen molar-refractivity contribution in [3.63, 3.8) is 0 Å². The topological polar surface area (TPSA) is 107 Å². The molecule has 30 heavy (non-hydrogen) atoms. The summed E-state index contributed by atoms with van der Waals surface area (Å²) in [5, 5.41) is 11.4. The predicted molar refractivity (Wildman–Crippen MR) is 104 cm³/mol. The summed E-state index contributed by atoms with van der Waals surface area (Å²) in [6.45, 7) is 1.44. The Hall–Kier alpha value is -2.40. The zero-order valence-corrected chi connectivity index (χ0v) is 17.2. The third-order valence-corrected chi connectivity index (χ3v) is 6.11. The van der Waals surface area contributed by atoms with Gasteiger partial charge in [-0.1, -0.05) is 25.3 Å². The maximum atomic E-state index is 13.7. The minimum Gasteiger partial charge on any atom is -0.321 e. The molecule has 0 atom stereocenters. The number of hydrogen-bond donors (Lipinski definition) is 2. The van der Waals surface area contributed by atoms with Crippen LogP contribution in [0.3, 0.4) is 0 Å². The Morgan fingerprint density at radius 2 is 1.93 bits per heavy atom. The summed E-state index contributed by atoms with van der Waals surface area (Å²) in [5.74, 6) is -0.860. The monoisotopic (exact) mass is 444 g/mol. The molecule has 1 amide bonds. The molecule has 3 rings (SSSR count). The highest BCUT2D eigenvalue weighted by atomic mass is 32.2. The van der Waals surface area contributed by atoms with Crippen molar-refractivity contribution < 1.29 is 26.4 Å². The van der Waals surface area contributed by atoms with E-state index in [0.29, 0.717) is 0 Å². The van der Waals surface area contributed by atoms with E-state index in [-0.39, 0.29) is 28.7 Å². The minimum atomic E-state index is -4.76. The molecule has 0 unspecified atom stereocenters. The predicted octanol–water partition coefficient (Wildman–Crippen LogP) is 3.69. The highest BCUT2D eigenvalue weighted by Gasteiger charge is 2.41. The molecule has 1 aliphatic rings. The lowest BCUT2D eigenvalue weighted by molar-refractivity contribution is -0.138. The molecule has 0 bridgehead atoms. The van der Waals surface area contributed by atoms with Crippen LogP contribution in [0.15, 0.2) is 29.2 Å². The number of carbonyl (C=O) groups is 1. The molecule has 0 radical (unpaired) electrons. The number of nitrogens with two attached hydrogens (primary N) is 1. The molecular formula is C19H23F3N4O3S. The molecule has 1 heterocycles. The molecule has 164 valence electrons. The van der Waals surface area contributed by atoms with Crippen molar-refractivity contribution in [1.82, 2.24) is 9.78 Å². The lowest BCUT2D eigenvalue weighted by atomic mass is 9.89. The number of hydrogen-bond acceptors (Lipinski definition) is 4. The van der Waals surface area contributed by atoms with Gasteiger partial charge in [-0.25, -0.2) is 13.6 Å². The summed E-state index contributed by atoms with van der Waals surface area (Å²) < 4.78 is 65.2. The van der Waals surface area contributed by atoms with Crippen LogP contribution < -0.4 is 10.5 Å². The molecule has 0 spiro atoms. The van der Waals surface area contributed by atoms with Crippen LogP contribution in [-0.4, -0.2) is 24.1 Å². The lowest BCUT2D eigenvalue weighted by Crippen LogP contribution is -2.25. The summed E-state index contributed by atoms with van der Waals surface area (Å²) in [5.41, 5.74) is -1.92. The summed E-state index contributed by atoms with van der Waals surface area (Å²) in [6, 6.07) is 5.03. The van der Waals surface area contributed by atoms with Crippen molar-refractivity contribution in [3.8, 4) is 0 Å². The third-order valence-electron chi connectivity index (χ3n) is 5.20. The second-order valence-corrected chi connectivity index (χ2v) is 9.08. The number of halogens is 3. The molecule has 1 fully saturated rings. The zero-order chi connectivity index (χ0) is 22.1. The lowest BCUT2D eigenvalue weighted by Gasteiger charge is -2.22. The second-order valence-electron chi connectivity index (χ2n) is 7.52. The van der Waals surface area contributed by atoms with Gasteiger partial charge in [0, 0.05) is 12.2 Å². The summed E-state index contributed by atoms with van der Waals surface area (Å²) in [4.78, 5) is 12.6. The van der Waals surface area contributed by atoms with Crippen LogP contribution in [0, 0.1) is 12.8 Å². The molecule has 3 N–H and O–H groups in total. The van der Waals surface area contributed by atoms with Gasteiger partial charge in [-0.15, -0.1) is 0 Å². The Kier molecular flexibility index (Phi) is 6.23. The quantitative estimate of drug-likeness (QED) is 0.733. The van der Waals surface area contributed by atoms with Gasteiger partial charge in [0.15, 0.2) is 0 Å². The zero-order valence-electron chi connectivity index (χ0n) is 16.4. The number of carbonyl (C=O) groups excluding carboxylic acids is 1. The molecule has 0 aliphatic heterocycles. The molecule has 1 aromatic heterocycles. The maximum absolute atomic E-state index is 13.7. The first-order valence-corrected chi connectivity index (χ1v) is 11.1. The number of alkyl halides is 3. The summed E-state index contributed by atoms with van der Waals surface area (Å²) >= 11 is 0. The number of sulfonamides is 1.